The minimum Gasteiger partial charge on any atom is -0.469 e. The summed E-state index contributed by atoms with van der Waals surface area (Å²) in [6.07, 6.45) is 10.9. The summed E-state index contributed by atoms with van der Waals surface area (Å²) in [5.41, 5.74) is 2.05. The standard InChI is InChI=1S/C27H39ClO5/c1-4-5-8-12-25(33-19(2)29)20-14-16-21(17-15-20)27-22(23(28)18-24(27)30)11-9-6-7-10-13-26(31)32-3/h6,9,14-17,22-25,27,30H,4-5,7-8,10-13,18H2,1-3H3/b9-6-/t22-,23-,24-,25?,27+/m0/s1. The molecule has 0 aliphatic heterocycles. The van der Waals surface area contributed by atoms with E-state index in [2.05, 4.69) is 23.8 Å². The number of hydrogen-bond donors (Lipinski definition) is 1. The summed E-state index contributed by atoms with van der Waals surface area (Å²) < 4.78 is 10.2. The van der Waals surface area contributed by atoms with Gasteiger partial charge in [0.15, 0.2) is 0 Å². The van der Waals surface area contributed by atoms with Crippen LogP contribution in [0.15, 0.2) is 36.4 Å². The summed E-state index contributed by atoms with van der Waals surface area (Å²) in [4.78, 5) is 22.8. The molecule has 184 valence electrons. The van der Waals surface area contributed by atoms with Crippen LogP contribution < -0.4 is 0 Å². The molecule has 0 heterocycles. The molecule has 1 unspecified atom stereocenters. The second-order valence-electron chi connectivity index (χ2n) is 8.94. The number of benzene rings is 1. The molecule has 0 bridgehead atoms. The van der Waals surface area contributed by atoms with Gasteiger partial charge in [-0.1, -0.05) is 56.2 Å². The monoisotopic (exact) mass is 478 g/mol. The van der Waals surface area contributed by atoms with Crippen LogP contribution in [0.4, 0.5) is 0 Å². The zero-order chi connectivity index (χ0) is 24.2. The number of aliphatic hydroxyl groups is 1. The molecule has 1 saturated carbocycles. The number of alkyl halides is 1. The number of ether oxygens (including phenoxy) is 2. The molecule has 1 aliphatic rings. The zero-order valence-electron chi connectivity index (χ0n) is 20.2. The van der Waals surface area contributed by atoms with E-state index in [9.17, 15) is 14.7 Å². The third-order valence-corrected chi connectivity index (χ3v) is 6.93. The first-order valence-corrected chi connectivity index (χ1v) is 12.6. The van der Waals surface area contributed by atoms with Gasteiger partial charge in [0.1, 0.15) is 6.10 Å². The number of unbranched alkanes of at least 4 members (excludes halogenated alkanes) is 3. The number of methoxy groups -OCH3 is 1. The molecule has 1 N–H and O–H groups in total. The molecule has 1 fully saturated rings. The first kappa shape index (κ1) is 27.4. The Balaban J connectivity index is 2.03. The van der Waals surface area contributed by atoms with Crippen molar-refractivity contribution in [2.75, 3.05) is 7.11 Å². The minimum absolute atomic E-state index is 0.0338. The van der Waals surface area contributed by atoms with Gasteiger partial charge in [0.2, 0.25) is 0 Å². The highest BCUT2D eigenvalue weighted by molar-refractivity contribution is 6.21. The highest BCUT2D eigenvalue weighted by atomic mass is 35.5. The summed E-state index contributed by atoms with van der Waals surface area (Å²) in [6, 6.07) is 8.12. The lowest BCUT2D eigenvalue weighted by molar-refractivity contribution is -0.147. The third-order valence-electron chi connectivity index (χ3n) is 6.43. The Bertz CT molecular complexity index is 760. The normalized spacial score (nSPS) is 23.5. The van der Waals surface area contributed by atoms with Crippen molar-refractivity contribution in [3.05, 3.63) is 47.5 Å². The van der Waals surface area contributed by atoms with Gasteiger partial charge in [-0.2, -0.15) is 0 Å². The Morgan fingerprint density at radius 3 is 2.55 bits per heavy atom. The second kappa shape index (κ2) is 14.4. The van der Waals surface area contributed by atoms with Gasteiger partial charge in [0, 0.05) is 24.6 Å². The van der Waals surface area contributed by atoms with Crippen molar-refractivity contribution in [3.8, 4) is 0 Å². The van der Waals surface area contributed by atoms with E-state index in [0.717, 1.165) is 56.1 Å². The van der Waals surface area contributed by atoms with Crippen molar-refractivity contribution in [2.45, 2.75) is 95.1 Å². The number of hydrogen-bond acceptors (Lipinski definition) is 5. The van der Waals surface area contributed by atoms with Crippen molar-refractivity contribution in [1.82, 2.24) is 0 Å². The summed E-state index contributed by atoms with van der Waals surface area (Å²) in [7, 11) is 1.40. The van der Waals surface area contributed by atoms with Crippen LogP contribution in [0.5, 0.6) is 0 Å². The maximum Gasteiger partial charge on any atom is 0.305 e. The fourth-order valence-electron chi connectivity index (χ4n) is 4.67. The van der Waals surface area contributed by atoms with Crippen molar-refractivity contribution in [1.29, 1.82) is 0 Å². The van der Waals surface area contributed by atoms with Gasteiger partial charge in [-0.05, 0) is 55.6 Å². The van der Waals surface area contributed by atoms with E-state index >= 15 is 0 Å². The Morgan fingerprint density at radius 1 is 1.18 bits per heavy atom. The largest absolute Gasteiger partial charge is 0.469 e. The van der Waals surface area contributed by atoms with Crippen molar-refractivity contribution < 1.29 is 24.2 Å². The zero-order valence-corrected chi connectivity index (χ0v) is 20.9. The van der Waals surface area contributed by atoms with Crippen LogP contribution in [0.25, 0.3) is 0 Å². The van der Waals surface area contributed by atoms with E-state index in [4.69, 9.17) is 16.3 Å². The first-order chi connectivity index (χ1) is 15.9. The molecule has 33 heavy (non-hydrogen) atoms. The quantitative estimate of drug-likeness (QED) is 0.157. The lowest BCUT2D eigenvalue weighted by Crippen LogP contribution is -2.18. The smallest absolute Gasteiger partial charge is 0.305 e. The molecule has 1 aromatic carbocycles. The van der Waals surface area contributed by atoms with Gasteiger partial charge in [-0.15, -0.1) is 11.6 Å². The molecule has 0 spiro atoms. The fraction of sp³-hybridized carbons (Fsp3) is 0.630. The topological polar surface area (TPSA) is 72.8 Å². The second-order valence-corrected chi connectivity index (χ2v) is 9.51. The number of esters is 2. The molecule has 0 radical (unpaired) electrons. The molecule has 5 atom stereocenters. The Kier molecular flexibility index (Phi) is 12.0. The van der Waals surface area contributed by atoms with Crippen LogP contribution in [-0.4, -0.2) is 35.6 Å². The van der Waals surface area contributed by atoms with E-state index in [0.29, 0.717) is 12.8 Å². The van der Waals surface area contributed by atoms with Crippen LogP contribution in [0, 0.1) is 5.92 Å². The number of halogens is 1. The van der Waals surface area contributed by atoms with Gasteiger partial charge >= 0.3 is 11.9 Å². The van der Waals surface area contributed by atoms with Gasteiger partial charge in [-0.25, -0.2) is 0 Å². The van der Waals surface area contributed by atoms with E-state index in [1.54, 1.807) is 0 Å². The number of rotatable bonds is 13. The van der Waals surface area contributed by atoms with Crippen LogP contribution in [0.3, 0.4) is 0 Å². The number of carbonyl (C=O) groups excluding carboxylic acids is 2. The minimum atomic E-state index is -0.482. The predicted molar refractivity (Wildman–Crippen MR) is 131 cm³/mol. The average molecular weight is 479 g/mol. The van der Waals surface area contributed by atoms with Crippen molar-refractivity contribution in [2.24, 2.45) is 5.92 Å². The maximum absolute atomic E-state index is 11.6. The number of allylic oxidation sites excluding steroid dienone is 2. The molecule has 0 amide bonds. The van der Waals surface area contributed by atoms with Gasteiger partial charge in [-0.3, -0.25) is 9.59 Å². The predicted octanol–water partition coefficient (Wildman–Crippen LogP) is 6.23. The Morgan fingerprint density at radius 2 is 1.91 bits per heavy atom. The summed E-state index contributed by atoms with van der Waals surface area (Å²) in [6.45, 7) is 3.60. The van der Waals surface area contributed by atoms with E-state index in [-0.39, 0.29) is 35.3 Å². The summed E-state index contributed by atoms with van der Waals surface area (Å²) >= 11 is 6.62. The van der Waals surface area contributed by atoms with E-state index in [1.807, 2.05) is 24.3 Å². The molecule has 1 aliphatic carbocycles. The lowest BCUT2D eigenvalue weighted by Gasteiger charge is -2.24. The molecule has 1 aromatic rings. The average Bonchev–Trinajstić information content (AvgIpc) is 3.07. The van der Waals surface area contributed by atoms with E-state index in [1.165, 1.54) is 14.0 Å². The SMILES string of the molecule is CCCCCC(OC(C)=O)c1ccc([C@@H]2[C@@H](C/C=C\CCCC(=O)OC)[C@@H](Cl)C[C@@H]2O)cc1. The van der Waals surface area contributed by atoms with Gasteiger partial charge < -0.3 is 14.6 Å². The molecule has 2 rings (SSSR count). The number of carbonyl (C=O) groups is 2. The van der Waals surface area contributed by atoms with E-state index < -0.39 is 6.10 Å². The molecular weight excluding hydrogens is 440 g/mol. The highest BCUT2D eigenvalue weighted by Crippen LogP contribution is 2.45. The molecule has 5 nitrogen and oxygen atoms in total. The molecular formula is C27H39ClO5. The maximum atomic E-state index is 11.6. The van der Waals surface area contributed by atoms with Crippen molar-refractivity contribution >= 4 is 23.5 Å². The van der Waals surface area contributed by atoms with Crippen LogP contribution in [0.1, 0.15) is 94.8 Å². The number of aliphatic hydroxyl groups excluding tert-OH is 1. The summed E-state index contributed by atoms with van der Waals surface area (Å²) in [5, 5.41) is 10.6. The van der Waals surface area contributed by atoms with Gasteiger partial charge in [0.05, 0.1) is 13.2 Å². The third kappa shape index (κ3) is 8.78. The molecule has 0 aromatic heterocycles. The van der Waals surface area contributed by atoms with Gasteiger partial charge in [0.25, 0.3) is 0 Å². The fourth-order valence-corrected chi connectivity index (χ4v) is 5.11. The van der Waals surface area contributed by atoms with Crippen LogP contribution in [0.2, 0.25) is 0 Å². The highest BCUT2D eigenvalue weighted by Gasteiger charge is 2.41. The lowest BCUT2D eigenvalue weighted by atomic mass is 9.84. The Labute approximate surface area is 203 Å². The Hall–Kier alpha value is -1.85. The van der Waals surface area contributed by atoms with Crippen molar-refractivity contribution in [3.63, 3.8) is 0 Å². The molecule has 6 heteroatoms. The van der Waals surface area contributed by atoms with Crippen LogP contribution >= 0.6 is 11.6 Å². The molecule has 0 saturated heterocycles. The summed E-state index contributed by atoms with van der Waals surface area (Å²) in [5.74, 6) is -0.352. The first-order valence-electron chi connectivity index (χ1n) is 12.2. The van der Waals surface area contributed by atoms with Crippen LogP contribution in [-0.2, 0) is 19.1 Å².